The Morgan fingerprint density at radius 2 is 0.980 bits per heavy atom. The number of nitrogens with zero attached hydrogens (tertiary/aromatic N) is 13. The molecule has 524 valence electrons. The number of ether oxygens (including phenoxy) is 4. The Morgan fingerprint density at radius 1 is 0.586 bits per heavy atom. The molecule has 0 radical (unpaired) electrons. The van der Waals surface area contributed by atoms with Crippen LogP contribution in [-0.2, 0) is 48.9 Å². The van der Waals surface area contributed by atoms with Crippen LogP contribution in [0.5, 0.6) is 11.5 Å². The van der Waals surface area contributed by atoms with E-state index < -0.39 is 53.4 Å². The van der Waals surface area contributed by atoms with Crippen molar-refractivity contribution in [3.05, 3.63) is 93.7 Å². The second-order valence-electron chi connectivity index (χ2n) is 21.5. The second-order valence-corrected chi connectivity index (χ2v) is 27.6. The molecule has 2 amide bonds. The molecule has 4 aromatic carbocycles. The number of azo groups is 2. The molecule has 99 heavy (non-hydrogen) atoms. The minimum Gasteiger partial charge on any atom is -0.494 e. The average molecular weight is 1450 g/mol. The largest absolute Gasteiger partial charge is 0.494 e. The Morgan fingerprint density at radius 3 is 1.32 bits per heavy atom. The number of carbonyl (C=O) groups excluding carboxylic acids is 4. The predicted molar refractivity (Wildman–Crippen MR) is 382 cm³/mol. The van der Waals surface area contributed by atoms with Gasteiger partial charge in [-0.3, -0.25) is 28.3 Å². The highest BCUT2D eigenvalue weighted by Gasteiger charge is 2.27. The Kier molecular flexibility index (Phi) is 24.9. The molecule has 0 saturated carbocycles. The first-order chi connectivity index (χ1) is 47.4. The van der Waals surface area contributed by atoms with E-state index in [0.717, 1.165) is 46.9 Å². The Labute approximate surface area is 583 Å². The third-order valence-electron chi connectivity index (χ3n) is 15.1. The predicted octanol–water partition coefficient (Wildman–Crippen LogP) is 11.3. The van der Waals surface area contributed by atoms with Crippen LogP contribution in [0.25, 0.3) is 12.2 Å². The summed E-state index contributed by atoms with van der Waals surface area (Å²) in [6.07, 6.45) is 2.78. The number of ketones is 2. The van der Waals surface area contributed by atoms with Crippen molar-refractivity contribution in [2.45, 2.75) is 63.4 Å². The smallest absolute Gasteiger partial charge is 0.294 e. The molecule has 6 N–H and O–H groups in total. The number of Topliss-reactive ketones (excluding diaryl/α,β-unsaturated/α-hetero) is 2. The van der Waals surface area contributed by atoms with Gasteiger partial charge in [0.15, 0.2) is 16.7 Å². The molecule has 2 fully saturated rings. The standard InChI is InChI=1S/C63H73N17O14S5/c1-10-77(11-2)49-33-45(47(35-51(49)91-8)73-75-62-68-55(79-21-25-93-26-22-79)53(96-62)31-43(37(6)81)57(83)64-39-17-15-19-41(29-39)98(85,86)87)66-59-70-60(72-61(71-59)95-14-5)67-46-34-50(78(12-3)13-4)52(92-9)36-48(46)74-76-63-69-56(80-23-27-94-28-24-80)54(97-63)32-44(38(7)82)58(84)65-40-18-16-20-42(30-40)99(88,89)90/h15-20,29-36H,10-14,21-28H2,1-9H3,(H,64,83)(H,65,84)(H,85,86,87)(H,88,89,90)(H2,66,67,70,71,72)/b43-31-,44-32+,75-73?,76-74?. The monoisotopic (exact) mass is 1450 g/mol. The number of benzene rings is 4. The van der Waals surface area contributed by atoms with Crippen molar-refractivity contribution in [3.8, 4) is 11.5 Å². The van der Waals surface area contributed by atoms with Gasteiger partial charge in [0.25, 0.3) is 32.1 Å². The highest BCUT2D eigenvalue weighted by molar-refractivity contribution is 7.99. The van der Waals surface area contributed by atoms with Crippen LogP contribution in [0, 0.1) is 0 Å². The number of anilines is 10. The van der Waals surface area contributed by atoms with Gasteiger partial charge in [0.1, 0.15) is 34.5 Å². The fourth-order valence-electron chi connectivity index (χ4n) is 10.2. The highest BCUT2D eigenvalue weighted by Crippen LogP contribution is 2.45. The zero-order chi connectivity index (χ0) is 71.1. The van der Waals surface area contributed by atoms with Crippen molar-refractivity contribution >= 4 is 169 Å². The Hall–Kier alpha value is -9.40. The molecule has 9 rings (SSSR count). The van der Waals surface area contributed by atoms with Crippen LogP contribution in [0.1, 0.15) is 58.2 Å². The zero-order valence-electron chi connectivity index (χ0n) is 55.4. The van der Waals surface area contributed by atoms with Crippen LogP contribution in [0.3, 0.4) is 0 Å². The summed E-state index contributed by atoms with van der Waals surface area (Å²) in [5, 5.41) is 31.3. The summed E-state index contributed by atoms with van der Waals surface area (Å²) in [6, 6.07) is 17.0. The van der Waals surface area contributed by atoms with Gasteiger partial charge in [-0.25, -0.2) is 0 Å². The summed E-state index contributed by atoms with van der Waals surface area (Å²) < 4.78 is 90.1. The fraction of sp³-hybridized carbons (Fsp3) is 0.349. The summed E-state index contributed by atoms with van der Waals surface area (Å²) in [6.45, 7) is 18.1. The molecule has 2 aliphatic heterocycles. The van der Waals surface area contributed by atoms with E-state index in [0.29, 0.717) is 145 Å². The summed E-state index contributed by atoms with van der Waals surface area (Å²) in [5.74, 6) is -0.379. The van der Waals surface area contributed by atoms with E-state index >= 15 is 0 Å². The maximum Gasteiger partial charge on any atom is 0.294 e. The molecule has 0 bridgehead atoms. The van der Waals surface area contributed by atoms with E-state index in [1.807, 2.05) is 56.6 Å². The fourth-order valence-corrected chi connectivity index (χ4v) is 13.5. The molecule has 7 aromatic rings. The number of hydrogen-bond donors (Lipinski definition) is 6. The van der Waals surface area contributed by atoms with Gasteiger partial charge < -0.3 is 59.8 Å². The van der Waals surface area contributed by atoms with E-state index in [2.05, 4.69) is 41.3 Å². The molecule has 2 saturated heterocycles. The lowest BCUT2D eigenvalue weighted by atomic mass is 10.1. The van der Waals surface area contributed by atoms with Crippen molar-refractivity contribution < 1.29 is 64.1 Å². The average Bonchev–Trinajstić information content (AvgIpc) is 1.73. The molecule has 0 spiro atoms. The van der Waals surface area contributed by atoms with Gasteiger partial charge in [0.2, 0.25) is 22.2 Å². The first kappa shape index (κ1) is 73.8. The van der Waals surface area contributed by atoms with Gasteiger partial charge in [-0.2, -0.15) is 41.8 Å². The topological polar surface area (TPSA) is 389 Å². The molecule has 5 heterocycles. The maximum atomic E-state index is 13.8. The minimum atomic E-state index is -4.61. The number of nitrogens with one attached hydrogen (secondary N) is 4. The SMILES string of the molecule is CCSc1nc(Nc2cc(N(CC)CC)c(OC)cc2N=Nc2nc(N3CCOCC3)c(/C=C(/C(C)=O)C(=O)Nc3cccc(S(=O)(=O)O)c3)s2)nc(Nc2cc(N(CC)CC)c(OC)cc2N=Nc2nc(N3CCOCC3)c(/C=C(\C(C)=O)C(=O)Nc3cccc(S(=O)(=O)O)c3)s2)n1. The summed E-state index contributed by atoms with van der Waals surface area (Å²) in [5.41, 5.74) is 2.21. The molecular weight excluding hydrogens is 1380 g/mol. The Bertz CT molecular complexity index is 4230. The number of rotatable bonds is 30. The molecule has 36 heteroatoms. The van der Waals surface area contributed by atoms with Crippen LogP contribution in [0.4, 0.5) is 79.3 Å². The Balaban J connectivity index is 1.10. The third kappa shape index (κ3) is 18.9. The second kappa shape index (κ2) is 33.4. The number of thiazole rings is 2. The number of morpholine rings is 2. The molecule has 0 unspecified atom stereocenters. The number of amides is 2. The molecule has 0 aliphatic carbocycles. The quantitative estimate of drug-likeness (QED) is 0.00608. The first-order valence-corrected chi connectivity index (χ1v) is 36.5. The van der Waals surface area contributed by atoms with Gasteiger partial charge in [-0.05, 0) is 108 Å². The van der Waals surface area contributed by atoms with Crippen LogP contribution < -0.4 is 50.3 Å². The normalized spacial score (nSPS) is 14.0. The number of carbonyl (C=O) groups is 4. The first-order valence-electron chi connectivity index (χ1n) is 31.0. The van der Waals surface area contributed by atoms with Crippen LogP contribution >= 0.6 is 34.4 Å². The highest BCUT2D eigenvalue weighted by atomic mass is 32.2. The van der Waals surface area contributed by atoms with Crippen LogP contribution in [0.15, 0.2) is 119 Å². The van der Waals surface area contributed by atoms with Crippen molar-refractivity contribution in [1.82, 2.24) is 24.9 Å². The van der Waals surface area contributed by atoms with E-state index in [4.69, 9.17) is 54.1 Å². The van der Waals surface area contributed by atoms with Gasteiger partial charge >= 0.3 is 0 Å². The van der Waals surface area contributed by atoms with Crippen molar-refractivity contribution in [2.75, 3.05) is 140 Å². The van der Waals surface area contributed by atoms with E-state index in [-0.39, 0.29) is 56.1 Å². The van der Waals surface area contributed by atoms with Crippen molar-refractivity contribution in [3.63, 3.8) is 0 Å². The lowest BCUT2D eigenvalue weighted by Gasteiger charge is -2.27. The van der Waals surface area contributed by atoms with E-state index in [9.17, 15) is 45.1 Å². The zero-order valence-corrected chi connectivity index (χ0v) is 59.5. The van der Waals surface area contributed by atoms with Gasteiger partial charge in [-0.15, -0.1) is 20.5 Å². The third-order valence-corrected chi connectivity index (χ3v) is 19.3. The van der Waals surface area contributed by atoms with Gasteiger partial charge in [-0.1, -0.05) is 53.5 Å². The van der Waals surface area contributed by atoms with Crippen LogP contribution in [0.2, 0.25) is 0 Å². The van der Waals surface area contributed by atoms with Crippen LogP contribution in [-0.4, -0.2) is 173 Å². The summed E-state index contributed by atoms with van der Waals surface area (Å²) in [4.78, 5) is 86.3. The number of methoxy groups -OCH3 is 2. The van der Waals surface area contributed by atoms with E-state index in [1.54, 1.807) is 26.4 Å². The maximum absolute atomic E-state index is 13.8. The lowest BCUT2D eigenvalue weighted by Crippen LogP contribution is -2.36. The lowest BCUT2D eigenvalue weighted by molar-refractivity contribution is -0.120. The van der Waals surface area contributed by atoms with Gasteiger partial charge in [0.05, 0.1) is 94.1 Å². The van der Waals surface area contributed by atoms with Gasteiger partial charge in [0, 0.05) is 75.9 Å². The summed E-state index contributed by atoms with van der Waals surface area (Å²) in [7, 11) is -6.12. The molecule has 3 aromatic heterocycles. The van der Waals surface area contributed by atoms with E-state index in [1.165, 1.54) is 62.0 Å². The van der Waals surface area contributed by atoms with Crippen molar-refractivity contribution in [1.29, 1.82) is 0 Å². The molecule has 2 aliphatic rings. The molecule has 0 atom stereocenters. The number of thioether (sulfide) groups is 1. The minimum absolute atomic E-state index is 0.0181. The molecular formula is C63H73N17O14S5. The van der Waals surface area contributed by atoms with Crippen molar-refractivity contribution in [2.24, 2.45) is 20.5 Å². The number of aromatic nitrogens is 5. The molecule has 31 nitrogen and oxygen atoms in total. The number of hydrogen-bond acceptors (Lipinski definition) is 30. The summed E-state index contributed by atoms with van der Waals surface area (Å²) >= 11 is 3.47.